The van der Waals surface area contributed by atoms with Crippen molar-refractivity contribution in [3.8, 4) is 0 Å². The van der Waals surface area contributed by atoms with Gasteiger partial charge < -0.3 is 4.57 Å². The topological polar surface area (TPSA) is 39.1 Å². The fourth-order valence-corrected chi connectivity index (χ4v) is 2.06. The van der Waals surface area contributed by atoms with E-state index in [0.717, 1.165) is 6.54 Å². The van der Waals surface area contributed by atoms with Gasteiger partial charge in [0.25, 0.3) is 0 Å². The summed E-state index contributed by atoms with van der Waals surface area (Å²) in [4.78, 5) is 16.2. The number of rotatable bonds is 2. The average Bonchev–Trinajstić information content (AvgIpc) is 2.85. The minimum Gasteiger partial charge on any atom is -0.343 e. The number of carbonyl (C=O) groups excluding carboxylic acids is 2. The van der Waals surface area contributed by atoms with E-state index in [4.69, 9.17) is 9.59 Å². The van der Waals surface area contributed by atoms with Crippen LogP contribution in [0.3, 0.4) is 0 Å². The lowest BCUT2D eigenvalue weighted by Gasteiger charge is -2.05. The Hall–Kier alpha value is -2.64. The second-order valence-corrected chi connectivity index (χ2v) is 4.07. The minimum atomic E-state index is 0.250. The number of hydrogen-bond acceptors (Lipinski definition) is 2. The van der Waals surface area contributed by atoms with E-state index in [1.165, 1.54) is 16.5 Å². The standard InChI is InChI=1S/C15H13N.CO2/c1-2-6-13(7-3-1)12-16-11-10-14-8-4-5-9-15(14)16;2-1-3/h1-11H,12H2;. The second kappa shape index (κ2) is 6.34. The van der Waals surface area contributed by atoms with Crippen LogP contribution in [-0.2, 0) is 16.1 Å². The monoisotopic (exact) mass is 251 g/mol. The van der Waals surface area contributed by atoms with E-state index in [9.17, 15) is 0 Å². The van der Waals surface area contributed by atoms with Crippen LogP contribution in [0.2, 0.25) is 0 Å². The Morgan fingerprint density at radius 2 is 1.47 bits per heavy atom. The van der Waals surface area contributed by atoms with Crippen molar-refractivity contribution >= 4 is 17.1 Å². The van der Waals surface area contributed by atoms with Crippen molar-refractivity contribution in [1.29, 1.82) is 0 Å². The molecule has 0 amide bonds. The van der Waals surface area contributed by atoms with Crippen LogP contribution in [0.15, 0.2) is 66.9 Å². The lowest BCUT2D eigenvalue weighted by atomic mass is 10.2. The van der Waals surface area contributed by atoms with Gasteiger partial charge in [0.15, 0.2) is 0 Å². The fraction of sp³-hybridized carbons (Fsp3) is 0.0625. The summed E-state index contributed by atoms with van der Waals surface area (Å²) in [6.07, 6.45) is 2.40. The van der Waals surface area contributed by atoms with Gasteiger partial charge in [-0.3, -0.25) is 0 Å². The number of aromatic nitrogens is 1. The van der Waals surface area contributed by atoms with Gasteiger partial charge in [0.1, 0.15) is 0 Å². The van der Waals surface area contributed by atoms with Crippen LogP contribution in [0.5, 0.6) is 0 Å². The van der Waals surface area contributed by atoms with Gasteiger partial charge in [-0.2, -0.15) is 9.59 Å². The molecule has 0 radical (unpaired) electrons. The summed E-state index contributed by atoms with van der Waals surface area (Å²) in [5, 5.41) is 1.30. The zero-order valence-corrected chi connectivity index (χ0v) is 10.3. The van der Waals surface area contributed by atoms with E-state index in [0.29, 0.717) is 0 Å². The van der Waals surface area contributed by atoms with Crippen LogP contribution in [0, 0.1) is 0 Å². The summed E-state index contributed by atoms with van der Waals surface area (Å²) in [7, 11) is 0. The molecule has 0 saturated carbocycles. The van der Waals surface area contributed by atoms with Crippen molar-refractivity contribution < 1.29 is 9.59 Å². The largest absolute Gasteiger partial charge is 0.373 e. The van der Waals surface area contributed by atoms with E-state index in [1.807, 2.05) is 0 Å². The first-order valence-electron chi connectivity index (χ1n) is 5.92. The summed E-state index contributed by atoms with van der Waals surface area (Å²) < 4.78 is 2.28. The number of fused-ring (bicyclic) bond motifs is 1. The molecule has 1 heterocycles. The van der Waals surface area contributed by atoms with Crippen molar-refractivity contribution in [3.05, 3.63) is 72.4 Å². The highest BCUT2D eigenvalue weighted by Crippen LogP contribution is 2.16. The van der Waals surface area contributed by atoms with E-state index < -0.39 is 0 Å². The minimum absolute atomic E-state index is 0.250. The normalized spacial score (nSPS) is 9.47. The molecule has 94 valence electrons. The number of hydrogen-bond donors (Lipinski definition) is 0. The molecule has 1 aromatic heterocycles. The zero-order chi connectivity index (χ0) is 13.5. The first-order chi connectivity index (χ1) is 9.35. The van der Waals surface area contributed by atoms with E-state index in [2.05, 4.69) is 71.4 Å². The average molecular weight is 251 g/mol. The molecule has 2 aromatic carbocycles. The highest BCUT2D eigenvalue weighted by molar-refractivity contribution is 5.79. The van der Waals surface area contributed by atoms with Crippen molar-refractivity contribution in [2.24, 2.45) is 0 Å². The van der Waals surface area contributed by atoms with E-state index in [-0.39, 0.29) is 6.15 Å². The molecule has 3 nitrogen and oxygen atoms in total. The Labute approximate surface area is 111 Å². The molecule has 0 spiro atoms. The maximum Gasteiger partial charge on any atom is 0.373 e. The molecule has 3 heteroatoms. The number of nitrogens with zero attached hydrogens (tertiary/aromatic N) is 1. The van der Waals surface area contributed by atoms with Crippen molar-refractivity contribution in [2.45, 2.75) is 6.54 Å². The predicted molar refractivity (Wildman–Crippen MR) is 72.5 cm³/mol. The summed E-state index contributed by atoms with van der Waals surface area (Å²) in [5.41, 5.74) is 2.63. The lowest BCUT2D eigenvalue weighted by molar-refractivity contribution is -0.191. The fourth-order valence-electron chi connectivity index (χ4n) is 2.06. The molecular formula is C16H13NO2. The van der Waals surface area contributed by atoms with Gasteiger partial charge in [0.2, 0.25) is 0 Å². The first-order valence-corrected chi connectivity index (χ1v) is 5.92. The maximum absolute atomic E-state index is 8.12. The SMILES string of the molecule is O=C=O.c1ccc(Cn2ccc3ccccc32)cc1. The van der Waals surface area contributed by atoms with Gasteiger partial charge in [-0.1, -0.05) is 48.5 Å². The van der Waals surface area contributed by atoms with Crippen molar-refractivity contribution in [3.63, 3.8) is 0 Å². The molecule has 0 bridgehead atoms. The molecule has 0 unspecified atom stereocenters. The highest BCUT2D eigenvalue weighted by Gasteiger charge is 1.99. The van der Waals surface area contributed by atoms with Crippen LogP contribution in [-0.4, -0.2) is 10.7 Å². The van der Waals surface area contributed by atoms with Crippen LogP contribution in [0.25, 0.3) is 10.9 Å². The Kier molecular flexibility index (Phi) is 4.27. The Bertz CT molecular complexity index is 680. The molecule has 3 rings (SSSR count). The molecule has 0 aliphatic rings. The van der Waals surface area contributed by atoms with E-state index >= 15 is 0 Å². The molecule has 0 aliphatic carbocycles. The molecule has 0 aliphatic heterocycles. The van der Waals surface area contributed by atoms with E-state index in [1.54, 1.807) is 0 Å². The van der Waals surface area contributed by atoms with Gasteiger partial charge in [0.05, 0.1) is 0 Å². The van der Waals surface area contributed by atoms with Gasteiger partial charge >= 0.3 is 6.15 Å². The quantitative estimate of drug-likeness (QED) is 0.702. The predicted octanol–water partition coefficient (Wildman–Crippen LogP) is 3.11. The number of benzene rings is 2. The molecule has 0 N–H and O–H groups in total. The summed E-state index contributed by atoms with van der Waals surface area (Å²) in [6, 6.07) is 21.2. The molecule has 3 aromatic rings. The lowest BCUT2D eigenvalue weighted by Crippen LogP contribution is -1.96. The molecule has 0 fully saturated rings. The van der Waals surface area contributed by atoms with Crippen LogP contribution >= 0.6 is 0 Å². The van der Waals surface area contributed by atoms with Crippen molar-refractivity contribution in [2.75, 3.05) is 0 Å². The third kappa shape index (κ3) is 3.18. The third-order valence-electron chi connectivity index (χ3n) is 2.88. The van der Waals surface area contributed by atoms with Gasteiger partial charge in [-0.15, -0.1) is 0 Å². The van der Waals surface area contributed by atoms with Crippen LogP contribution < -0.4 is 0 Å². The molecule has 0 saturated heterocycles. The first kappa shape index (κ1) is 12.8. The maximum atomic E-state index is 8.12. The Morgan fingerprint density at radius 3 is 2.21 bits per heavy atom. The Balaban J connectivity index is 0.000000408. The molecular weight excluding hydrogens is 238 g/mol. The van der Waals surface area contributed by atoms with Gasteiger partial charge in [-0.25, -0.2) is 0 Å². The number of para-hydroxylation sites is 1. The van der Waals surface area contributed by atoms with Gasteiger partial charge in [0, 0.05) is 18.3 Å². The molecule has 19 heavy (non-hydrogen) atoms. The van der Waals surface area contributed by atoms with Gasteiger partial charge in [-0.05, 0) is 23.1 Å². The summed E-state index contributed by atoms with van der Waals surface area (Å²) in [6.45, 7) is 0.939. The Morgan fingerprint density at radius 1 is 0.842 bits per heavy atom. The van der Waals surface area contributed by atoms with Crippen LogP contribution in [0.4, 0.5) is 0 Å². The zero-order valence-electron chi connectivity index (χ0n) is 10.3. The summed E-state index contributed by atoms with van der Waals surface area (Å²) in [5.74, 6) is 0. The third-order valence-corrected chi connectivity index (χ3v) is 2.88. The molecule has 0 atom stereocenters. The second-order valence-electron chi connectivity index (χ2n) is 4.07. The smallest absolute Gasteiger partial charge is 0.343 e. The van der Waals surface area contributed by atoms with Crippen LogP contribution in [0.1, 0.15) is 5.56 Å². The highest BCUT2D eigenvalue weighted by atomic mass is 16.2. The van der Waals surface area contributed by atoms with Crippen molar-refractivity contribution in [1.82, 2.24) is 4.57 Å². The summed E-state index contributed by atoms with van der Waals surface area (Å²) >= 11 is 0.